The number of nitrogens with two attached hydrogens (primary N) is 1. The summed E-state index contributed by atoms with van der Waals surface area (Å²) in [4.78, 5) is 17.1. The molecule has 0 radical (unpaired) electrons. The third-order valence-corrected chi connectivity index (χ3v) is 5.57. The molecule has 22 heavy (non-hydrogen) atoms. The van der Waals surface area contributed by atoms with Gasteiger partial charge in [-0.2, -0.15) is 0 Å². The highest BCUT2D eigenvalue weighted by Crippen LogP contribution is 2.25. The maximum atomic E-state index is 12.5. The van der Waals surface area contributed by atoms with Crippen LogP contribution in [0.5, 0.6) is 0 Å². The van der Waals surface area contributed by atoms with Crippen molar-refractivity contribution in [1.82, 2.24) is 9.80 Å². The molecule has 1 saturated carbocycles. The normalized spacial score (nSPS) is 31.6. The SMILES string of the molecule is NC[C@H]1CC[C@@H](C(=O)N2CCN(CC3CCCCC3)CC2)O1. The predicted octanol–water partition coefficient (Wildman–Crippen LogP) is 1.22. The van der Waals surface area contributed by atoms with Crippen LogP contribution in [0.4, 0.5) is 0 Å². The Kier molecular flexibility index (Phi) is 5.71. The van der Waals surface area contributed by atoms with Crippen molar-refractivity contribution in [2.75, 3.05) is 39.3 Å². The number of hydrogen-bond donors (Lipinski definition) is 1. The summed E-state index contributed by atoms with van der Waals surface area (Å²) < 4.78 is 5.74. The Morgan fingerprint density at radius 3 is 2.36 bits per heavy atom. The molecule has 5 heteroatoms. The van der Waals surface area contributed by atoms with Crippen molar-refractivity contribution in [2.45, 2.75) is 57.2 Å². The second-order valence-electron chi connectivity index (χ2n) is 7.19. The first-order chi connectivity index (χ1) is 10.8. The minimum Gasteiger partial charge on any atom is -0.364 e. The summed E-state index contributed by atoms with van der Waals surface area (Å²) in [5.74, 6) is 1.08. The van der Waals surface area contributed by atoms with Gasteiger partial charge in [0.1, 0.15) is 6.10 Å². The van der Waals surface area contributed by atoms with E-state index in [4.69, 9.17) is 10.5 Å². The van der Waals surface area contributed by atoms with E-state index in [1.54, 1.807) is 0 Å². The van der Waals surface area contributed by atoms with Gasteiger partial charge in [-0.15, -0.1) is 0 Å². The summed E-state index contributed by atoms with van der Waals surface area (Å²) in [7, 11) is 0. The Labute approximate surface area is 134 Å². The third-order valence-electron chi connectivity index (χ3n) is 5.57. The fourth-order valence-electron chi connectivity index (χ4n) is 4.15. The molecule has 3 fully saturated rings. The zero-order valence-corrected chi connectivity index (χ0v) is 13.7. The van der Waals surface area contributed by atoms with Crippen LogP contribution in [0.1, 0.15) is 44.9 Å². The Bertz CT molecular complexity index is 363. The van der Waals surface area contributed by atoms with E-state index >= 15 is 0 Å². The molecule has 2 aliphatic heterocycles. The van der Waals surface area contributed by atoms with E-state index in [0.717, 1.165) is 44.9 Å². The third kappa shape index (κ3) is 4.00. The van der Waals surface area contributed by atoms with Gasteiger partial charge in [0, 0.05) is 39.3 Å². The molecular formula is C17H31N3O2. The van der Waals surface area contributed by atoms with Gasteiger partial charge in [-0.3, -0.25) is 9.69 Å². The van der Waals surface area contributed by atoms with Crippen molar-refractivity contribution in [3.05, 3.63) is 0 Å². The first-order valence-corrected chi connectivity index (χ1v) is 9.13. The van der Waals surface area contributed by atoms with Gasteiger partial charge in [0.2, 0.25) is 0 Å². The Hall–Kier alpha value is -0.650. The molecule has 1 aliphatic carbocycles. The van der Waals surface area contributed by atoms with Crippen LogP contribution >= 0.6 is 0 Å². The summed E-state index contributed by atoms with van der Waals surface area (Å²) in [6, 6.07) is 0. The maximum Gasteiger partial charge on any atom is 0.251 e. The summed E-state index contributed by atoms with van der Waals surface area (Å²) >= 11 is 0. The van der Waals surface area contributed by atoms with E-state index in [-0.39, 0.29) is 18.1 Å². The lowest BCUT2D eigenvalue weighted by atomic mass is 9.89. The number of piperazine rings is 1. The zero-order valence-electron chi connectivity index (χ0n) is 13.7. The highest BCUT2D eigenvalue weighted by atomic mass is 16.5. The van der Waals surface area contributed by atoms with Gasteiger partial charge in [0.15, 0.2) is 0 Å². The average molecular weight is 309 g/mol. The van der Waals surface area contributed by atoms with Crippen LogP contribution in [0.25, 0.3) is 0 Å². The standard InChI is InChI=1S/C17H31N3O2/c18-12-15-6-7-16(22-15)17(21)20-10-8-19(9-11-20)13-14-4-2-1-3-5-14/h14-16H,1-13,18H2/t15-,16+/m1/s1. The van der Waals surface area contributed by atoms with Crippen LogP contribution in [0.15, 0.2) is 0 Å². The van der Waals surface area contributed by atoms with Crippen LogP contribution < -0.4 is 5.73 Å². The quantitative estimate of drug-likeness (QED) is 0.848. The molecule has 0 aromatic rings. The predicted molar refractivity (Wildman–Crippen MR) is 86.5 cm³/mol. The van der Waals surface area contributed by atoms with Crippen LogP contribution in [-0.2, 0) is 9.53 Å². The van der Waals surface area contributed by atoms with E-state index in [0.29, 0.717) is 6.54 Å². The fraction of sp³-hybridized carbons (Fsp3) is 0.941. The molecule has 2 saturated heterocycles. The molecule has 2 atom stereocenters. The molecule has 3 aliphatic rings. The van der Waals surface area contributed by atoms with Crippen LogP contribution in [0.2, 0.25) is 0 Å². The fourth-order valence-corrected chi connectivity index (χ4v) is 4.15. The number of carbonyl (C=O) groups is 1. The second-order valence-corrected chi connectivity index (χ2v) is 7.19. The smallest absolute Gasteiger partial charge is 0.251 e. The van der Waals surface area contributed by atoms with E-state index in [1.165, 1.54) is 38.6 Å². The summed E-state index contributed by atoms with van der Waals surface area (Å²) in [6.07, 6.45) is 8.64. The van der Waals surface area contributed by atoms with Gasteiger partial charge in [-0.05, 0) is 31.6 Å². The number of rotatable bonds is 4. The molecule has 2 N–H and O–H groups in total. The molecule has 5 nitrogen and oxygen atoms in total. The lowest BCUT2D eigenvalue weighted by Crippen LogP contribution is -2.52. The molecule has 0 unspecified atom stereocenters. The monoisotopic (exact) mass is 309 g/mol. The molecule has 0 aromatic carbocycles. The van der Waals surface area contributed by atoms with Crippen LogP contribution in [0.3, 0.4) is 0 Å². The Balaban J connectivity index is 1.40. The van der Waals surface area contributed by atoms with Gasteiger partial charge in [-0.1, -0.05) is 19.3 Å². The summed E-state index contributed by atoms with van der Waals surface area (Å²) in [6.45, 7) is 5.53. The van der Waals surface area contributed by atoms with Gasteiger partial charge in [0.25, 0.3) is 5.91 Å². The Morgan fingerprint density at radius 1 is 1.00 bits per heavy atom. The highest BCUT2D eigenvalue weighted by molar-refractivity contribution is 5.81. The lowest BCUT2D eigenvalue weighted by molar-refractivity contribution is -0.144. The number of hydrogen-bond acceptors (Lipinski definition) is 4. The lowest BCUT2D eigenvalue weighted by Gasteiger charge is -2.38. The molecule has 3 rings (SSSR count). The molecule has 1 amide bonds. The molecule has 2 heterocycles. The number of carbonyl (C=O) groups excluding carboxylic acids is 1. The molecule has 0 spiro atoms. The molecule has 0 aromatic heterocycles. The highest BCUT2D eigenvalue weighted by Gasteiger charge is 2.34. The number of amides is 1. The first kappa shape index (κ1) is 16.2. The van der Waals surface area contributed by atoms with Crippen molar-refractivity contribution in [2.24, 2.45) is 11.7 Å². The second kappa shape index (κ2) is 7.75. The summed E-state index contributed by atoms with van der Waals surface area (Å²) in [5.41, 5.74) is 5.63. The maximum absolute atomic E-state index is 12.5. The number of ether oxygens (including phenoxy) is 1. The van der Waals surface area contributed by atoms with Gasteiger partial charge in [0.05, 0.1) is 6.10 Å². The minimum atomic E-state index is -0.238. The zero-order chi connectivity index (χ0) is 15.4. The van der Waals surface area contributed by atoms with Crippen molar-refractivity contribution in [1.29, 1.82) is 0 Å². The van der Waals surface area contributed by atoms with Crippen molar-refractivity contribution < 1.29 is 9.53 Å². The average Bonchev–Trinajstić information content (AvgIpc) is 3.05. The minimum absolute atomic E-state index is 0.0848. The van der Waals surface area contributed by atoms with Gasteiger partial charge >= 0.3 is 0 Å². The topological polar surface area (TPSA) is 58.8 Å². The van der Waals surface area contributed by atoms with Crippen molar-refractivity contribution in [3.8, 4) is 0 Å². The Morgan fingerprint density at radius 2 is 1.73 bits per heavy atom. The van der Waals surface area contributed by atoms with Crippen LogP contribution in [-0.4, -0.2) is 67.2 Å². The summed E-state index contributed by atoms with van der Waals surface area (Å²) in [5, 5.41) is 0. The first-order valence-electron chi connectivity index (χ1n) is 9.13. The van der Waals surface area contributed by atoms with E-state index in [1.807, 2.05) is 4.90 Å². The van der Waals surface area contributed by atoms with E-state index in [2.05, 4.69) is 4.90 Å². The van der Waals surface area contributed by atoms with Gasteiger partial charge in [-0.25, -0.2) is 0 Å². The number of nitrogens with zero attached hydrogens (tertiary/aromatic N) is 2. The molecular weight excluding hydrogens is 278 g/mol. The molecule has 126 valence electrons. The van der Waals surface area contributed by atoms with E-state index < -0.39 is 0 Å². The van der Waals surface area contributed by atoms with E-state index in [9.17, 15) is 4.79 Å². The largest absolute Gasteiger partial charge is 0.364 e. The van der Waals surface area contributed by atoms with Crippen LogP contribution in [0, 0.1) is 5.92 Å². The molecule has 0 bridgehead atoms. The van der Waals surface area contributed by atoms with Crippen molar-refractivity contribution in [3.63, 3.8) is 0 Å². The van der Waals surface area contributed by atoms with Crippen molar-refractivity contribution >= 4 is 5.91 Å². The van der Waals surface area contributed by atoms with Gasteiger partial charge < -0.3 is 15.4 Å².